The van der Waals surface area contributed by atoms with Crippen molar-refractivity contribution < 1.29 is 9.47 Å². The number of thiophene rings is 1. The molecule has 2 heterocycles. The molecule has 4 heteroatoms. The first kappa shape index (κ1) is 13.2. The molecule has 0 spiro atoms. The summed E-state index contributed by atoms with van der Waals surface area (Å²) in [5, 5.41) is 5.92. The molecule has 2 aliphatic rings. The molecule has 0 saturated heterocycles. The molecule has 0 fully saturated rings. The van der Waals surface area contributed by atoms with Crippen LogP contribution in [0, 0.1) is 0 Å². The van der Waals surface area contributed by atoms with Crippen molar-refractivity contribution in [3.8, 4) is 11.5 Å². The van der Waals surface area contributed by atoms with E-state index in [1.54, 1.807) is 14.2 Å². The first-order valence-corrected chi connectivity index (χ1v) is 8.24. The van der Waals surface area contributed by atoms with Gasteiger partial charge in [0, 0.05) is 23.4 Å². The maximum Gasteiger partial charge on any atom is 0.161 e. The fraction of sp³-hybridized carbons (Fsp3) is 0.412. The van der Waals surface area contributed by atoms with Gasteiger partial charge in [-0.1, -0.05) is 0 Å². The smallest absolute Gasteiger partial charge is 0.161 e. The Morgan fingerprint density at radius 1 is 1.14 bits per heavy atom. The van der Waals surface area contributed by atoms with Crippen molar-refractivity contribution >= 4 is 11.3 Å². The van der Waals surface area contributed by atoms with Gasteiger partial charge in [0.25, 0.3) is 0 Å². The molecule has 2 aromatic rings. The molecule has 1 aliphatic carbocycles. The van der Waals surface area contributed by atoms with Crippen molar-refractivity contribution in [2.75, 3.05) is 14.2 Å². The van der Waals surface area contributed by atoms with E-state index in [0.717, 1.165) is 24.5 Å². The van der Waals surface area contributed by atoms with Gasteiger partial charge in [0.05, 0.1) is 14.2 Å². The summed E-state index contributed by atoms with van der Waals surface area (Å²) in [6.07, 6.45) is 2.29. The average molecular weight is 301 g/mol. The second kappa shape index (κ2) is 5.04. The zero-order chi connectivity index (χ0) is 14.4. The van der Waals surface area contributed by atoms with Gasteiger partial charge in [-0.15, -0.1) is 11.3 Å². The molecule has 3 nitrogen and oxygen atoms in total. The van der Waals surface area contributed by atoms with Gasteiger partial charge in [-0.25, -0.2) is 0 Å². The van der Waals surface area contributed by atoms with Crippen LogP contribution in [-0.4, -0.2) is 20.3 Å². The number of benzene rings is 1. The molecular weight excluding hydrogens is 282 g/mol. The molecule has 0 amide bonds. The van der Waals surface area contributed by atoms with Crippen LogP contribution >= 0.6 is 11.3 Å². The van der Waals surface area contributed by atoms with E-state index in [4.69, 9.17) is 9.47 Å². The van der Waals surface area contributed by atoms with E-state index in [9.17, 15) is 0 Å². The second-order valence-electron chi connectivity index (χ2n) is 5.72. The number of hydrogen-bond acceptors (Lipinski definition) is 4. The number of fused-ring (bicyclic) bond motifs is 5. The highest BCUT2D eigenvalue weighted by molar-refractivity contribution is 7.10. The molecule has 0 radical (unpaired) electrons. The SMILES string of the molecule is COc1cc2c(cc1OC)[C@@H]1c3sccc3CN[C@H]1CC2. The van der Waals surface area contributed by atoms with Crippen molar-refractivity contribution in [1.29, 1.82) is 0 Å². The van der Waals surface area contributed by atoms with Gasteiger partial charge in [0.2, 0.25) is 0 Å². The molecule has 110 valence electrons. The van der Waals surface area contributed by atoms with Gasteiger partial charge in [-0.3, -0.25) is 0 Å². The van der Waals surface area contributed by atoms with Crippen molar-refractivity contribution in [3.63, 3.8) is 0 Å². The molecular formula is C17H19NO2S. The van der Waals surface area contributed by atoms with E-state index < -0.39 is 0 Å². The maximum atomic E-state index is 5.51. The Balaban J connectivity index is 1.88. The fourth-order valence-electron chi connectivity index (χ4n) is 3.69. The van der Waals surface area contributed by atoms with Crippen LogP contribution < -0.4 is 14.8 Å². The predicted octanol–water partition coefficient (Wildman–Crippen LogP) is 3.32. The number of rotatable bonds is 2. The highest BCUT2D eigenvalue weighted by Gasteiger charge is 2.36. The number of ether oxygens (including phenoxy) is 2. The number of hydrogen-bond donors (Lipinski definition) is 1. The molecule has 1 aliphatic heterocycles. The summed E-state index contributed by atoms with van der Waals surface area (Å²) in [6.45, 7) is 1.00. The molecule has 21 heavy (non-hydrogen) atoms. The van der Waals surface area contributed by atoms with Gasteiger partial charge in [0.1, 0.15) is 0 Å². The lowest BCUT2D eigenvalue weighted by atomic mass is 9.75. The molecule has 0 saturated carbocycles. The van der Waals surface area contributed by atoms with Gasteiger partial charge in [-0.2, -0.15) is 0 Å². The normalized spacial score (nSPS) is 23.0. The van der Waals surface area contributed by atoms with Crippen LogP contribution in [0.4, 0.5) is 0 Å². The van der Waals surface area contributed by atoms with Crippen LogP contribution in [0.2, 0.25) is 0 Å². The van der Waals surface area contributed by atoms with Crippen molar-refractivity contribution in [1.82, 2.24) is 5.32 Å². The van der Waals surface area contributed by atoms with E-state index in [1.807, 2.05) is 11.3 Å². The molecule has 4 rings (SSSR count). The topological polar surface area (TPSA) is 30.5 Å². The van der Waals surface area contributed by atoms with E-state index in [-0.39, 0.29) is 0 Å². The van der Waals surface area contributed by atoms with Crippen LogP contribution in [0.3, 0.4) is 0 Å². The zero-order valence-electron chi connectivity index (χ0n) is 12.3. The third-order valence-corrected chi connectivity index (χ3v) is 5.77. The Kier molecular flexibility index (Phi) is 3.16. The molecule has 2 atom stereocenters. The lowest BCUT2D eigenvalue weighted by Crippen LogP contribution is -2.41. The molecule has 0 bridgehead atoms. The quantitative estimate of drug-likeness (QED) is 0.923. The van der Waals surface area contributed by atoms with Gasteiger partial charge >= 0.3 is 0 Å². The third kappa shape index (κ3) is 1.97. The molecule has 1 aromatic heterocycles. The minimum absolute atomic E-state index is 0.456. The van der Waals surface area contributed by atoms with E-state index >= 15 is 0 Å². The predicted molar refractivity (Wildman–Crippen MR) is 84.7 cm³/mol. The van der Waals surface area contributed by atoms with E-state index in [0.29, 0.717) is 12.0 Å². The Hall–Kier alpha value is -1.52. The van der Waals surface area contributed by atoms with Gasteiger partial charge in [-0.05, 0) is 53.1 Å². The highest BCUT2D eigenvalue weighted by atomic mass is 32.1. The van der Waals surface area contributed by atoms with Crippen LogP contribution in [0.1, 0.15) is 33.9 Å². The van der Waals surface area contributed by atoms with Crippen LogP contribution in [-0.2, 0) is 13.0 Å². The highest BCUT2D eigenvalue weighted by Crippen LogP contribution is 2.46. The third-order valence-electron chi connectivity index (χ3n) is 4.73. The Labute approximate surface area is 128 Å². The number of nitrogens with one attached hydrogen (secondary N) is 1. The fourth-order valence-corrected chi connectivity index (χ4v) is 4.80. The Morgan fingerprint density at radius 2 is 1.95 bits per heavy atom. The maximum absolute atomic E-state index is 5.51. The standard InChI is InChI=1S/C17H19NO2S/c1-19-14-7-10-3-4-13-16(12(10)8-15(14)20-2)17-11(9-18-13)5-6-21-17/h5-8,13,16,18H,3-4,9H2,1-2H3/t13-,16-/m0/s1. The van der Waals surface area contributed by atoms with E-state index in [1.165, 1.54) is 28.0 Å². The average Bonchev–Trinajstić information content (AvgIpc) is 3.01. The summed E-state index contributed by atoms with van der Waals surface area (Å²) >= 11 is 1.89. The lowest BCUT2D eigenvalue weighted by Gasteiger charge is -2.38. The summed E-state index contributed by atoms with van der Waals surface area (Å²) in [7, 11) is 3.41. The molecule has 0 unspecified atom stereocenters. The van der Waals surface area contributed by atoms with Crippen LogP contribution in [0.5, 0.6) is 11.5 Å². The van der Waals surface area contributed by atoms with Gasteiger partial charge < -0.3 is 14.8 Å². The summed E-state index contributed by atoms with van der Waals surface area (Å²) < 4.78 is 11.0. The van der Waals surface area contributed by atoms with Crippen molar-refractivity contribution in [2.24, 2.45) is 0 Å². The van der Waals surface area contributed by atoms with Crippen LogP contribution in [0.25, 0.3) is 0 Å². The van der Waals surface area contributed by atoms with Crippen LogP contribution in [0.15, 0.2) is 23.6 Å². The van der Waals surface area contributed by atoms with Gasteiger partial charge in [0.15, 0.2) is 11.5 Å². The Bertz CT molecular complexity index is 679. The van der Waals surface area contributed by atoms with Crippen molar-refractivity contribution in [2.45, 2.75) is 31.3 Å². The summed E-state index contributed by atoms with van der Waals surface area (Å²) in [5.74, 6) is 2.13. The zero-order valence-corrected chi connectivity index (χ0v) is 13.1. The molecule has 1 N–H and O–H groups in total. The first-order valence-electron chi connectivity index (χ1n) is 7.36. The summed E-state index contributed by atoms with van der Waals surface area (Å²) in [4.78, 5) is 1.52. The second-order valence-corrected chi connectivity index (χ2v) is 6.67. The number of aryl methyl sites for hydroxylation is 1. The van der Waals surface area contributed by atoms with E-state index in [2.05, 4.69) is 28.9 Å². The summed E-state index contributed by atoms with van der Waals surface area (Å²) in [6, 6.07) is 7.13. The minimum atomic E-state index is 0.456. The minimum Gasteiger partial charge on any atom is -0.493 e. The lowest BCUT2D eigenvalue weighted by molar-refractivity contribution is 0.349. The first-order chi connectivity index (χ1) is 10.3. The summed E-state index contributed by atoms with van der Waals surface area (Å²) in [5.41, 5.74) is 4.25. The largest absolute Gasteiger partial charge is 0.493 e. The Morgan fingerprint density at radius 3 is 2.76 bits per heavy atom. The monoisotopic (exact) mass is 301 g/mol. The van der Waals surface area contributed by atoms with Crippen molar-refractivity contribution in [3.05, 3.63) is 45.1 Å². The molecule has 1 aromatic carbocycles. The number of methoxy groups -OCH3 is 2.